The van der Waals surface area contributed by atoms with Crippen LogP contribution in [0.2, 0.25) is 0 Å². The SMILES string of the molecule is COCCN(C)C(=O)c1cn(Cc2cncn2CCc2ccccc2)cc1-c1cccc2ccccc12. The van der Waals surface area contributed by atoms with Crippen LogP contribution in [0.5, 0.6) is 0 Å². The molecule has 37 heavy (non-hydrogen) atoms. The summed E-state index contributed by atoms with van der Waals surface area (Å²) in [6, 6.07) is 25.0. The summed E-state index contributed by atoms with van der Waals surface area (Å²) >= 11 is 0. The molecular weight excluding hydrogens is 460 g/mol. The second-order valence-electron chi connectivity index (χ2n) is 9.32. The van der Waals surface area contributed by atoms with Crippen molar-refractivity contribution in [3.05, 3.63) is 115 Å². The second kappa shape index (κ2) is 11.3. The Morgan fingerprint density at radius 1 is 0.946 bits per heavy atom. The Hall–Kier alpha value is -4.16. The Kier molecular flexibility index (Phi) is 7.47. The number of nitrogens with zero attached hydrogens (tertiary/aromatic N) is 4. The summed E-state index contributed by atoms with van der Waals surface area (Å²) in [5.74, 6) is -0.0173. The maximum atomic E-state index is 13.6. The van der Waals surface area contributed by atoms with Gasteiger partial charge in [0.05, 0.1) is 30.7 Å². The number of rotatable bonds is 10. The molecular formula is C31H32N4O2. The van der Waals surface area contributed by atoms with Gasteiger partial charge in [-0.05, 0) is 28.3 Å². The molecule has 0 saturated carbocycles. The lowest BCUT2D eigenvalue weighted by Crippen LogP contribution is -2.30. The van der Waals surface area contributed by atoms with E-state index in [0.29, 0.717) is 25.3 Å². The average Bonchev–Trinajstić information content (AvgIpc) is 3.57. The van der Waals surface area contributed by atoms with E-state index in [0.717, 1.165) is 40.6 Å². The molecule has 0 aliphatic rings. The second-order valence-corrected chi connectivity index (χ2v) is 9.32. The maximum absolute atomic E-state index is 13.6. The van der Waals surface area contributed by atoms with Gasteiger partial charge < -0.3 is 18.8 Å². The van der Waals surface area contributed by atoms with E-state index in [2.05, 4.69) is 74.9 Å². The van der Waals surface area contributed by atoms with Crippen LogP contribution in [0.4, 0.5) is 0 Å². The largest absolute Gasteiger partial charge is 0.383 e. The van der Waals surface area contributed by atoms with Crippen LogP contribution in [-0.2, 0) is 24.2 Å². The van der Waals surface area contributed by atoms with Crippen molar-refractivity contribution < 1.29 is 9.53 Å². The number of hydrogen-bond donors (Lipinski definition) is 0. The van der Waals surface area contributed by atoms with Crippen molar-refractivity contribution in [3.8, 4) is 11.1 Å². The zero-order chi connectivity index (χ0) is 25.6. The number of ether oxygens (including phenoxy) is 1. The van der Waals surface area contributed by atoms with E-state index in [9.17, 15) is 4.79 Å². The number of amides is 1. The Bertz CT molecular complexity index is 1480. The molecule has 0 atom stereocenters. The highest BCUT2D eigenvalue weighted by Crippen LogP contribution is 2.32. The lowest BCUT2D eigenvalue weighted by molar-refractivity contribution is 0.0745. The first-order valence-electron chi connectivity index (χ1n) is 12.6. The number of carbonyl (C=O) groups is 1. The number of likely N-dealkylation sites (N-methyl/N-ethyl adjacent to an activating group) is 1. The van der Waals surface area contributed by atoms with E-state index in [1.807, 2.05) is 44.0 Å². The van der Waals surface area contributed by atoms with Crippen LogP contribution >= 0.6 is 0 Å². The molecule has 5 rings (SSSR count). The Balaban J connectivity index is 1.48. The molecule has 3 aromatic carbocycles. The predicted octanol–water partition coefficient (Wildman–Crippen LogP) is 5.51. The van der Waals surface area contributed by atoms with Gasteiger partial charge in [-0.2, -0.15) is 0 Å². The van der Waals surface area contributed by atoms with Gasteiger partial charge in [0.25, 0.3) is 5.91 Å². The number of fused-ring (bicyclic) bond motifs is 1. The number of imidazole rings is 1. The molecule has 0 fully saturated rings. The van der Waals surface area contributed by atoms with Crippen molar-refractivity contribution in [3.63, 3.8) is 0 Å². The highest BCUT2D eigenvalue weighted by Gasteiger charge is 2.21. The Morgan fingerprint density at radius 2 is 1.73 bits per heavy atom. The number of methoxy groups -OCH3 is 1. The summed E-state index contributed by atoms with van der Waals surface area (Å²) in [6.07, 6.45) is 8.79. The minimum absolute atomic E-state index is 0.0173. The van der Waals surface area contributed by atoms with Gasteiger partial charge in [-0.3, -0.25) is 4.79 Å². The van der Waals surface area contributed by atoms with Crippen LogP contribution in [-0.4, -0.2) is 52.2 Å². The lowest BCUT2D eigenvalue weighted by Gasteiger charge is -2.17. The van der Waals surface area contributed by atoms with Gasteiger partial charge in [0.15, 0.2) is 0 Å². The van der Waals surface area contributed by atoms with Crippen molar-refractivity contribution in [2.75, 3.05) is 27.3 Å². The predicted molar refractivity (Wildman–Crippen MR) is 148 cm³/mol. The van der Waals surface area contributed by atoms with Gasteiger partial charge >= 0.3 is 0 Å². The molecule has 5 aromatic rings. The van der Waals surface area contributed by atoms with Crippen molar-refractivity contribution in [2.24, 2.45) is 0 Å². The van der Waals surface area contributed by atoms with Crippen LogP contribution in [0.15, 0.2) is 97.7 Å². The van der Waals surface area contributed by atoms with E-state index >= 15 is 0 Å². The molecule has 2 aromatic heterocycles. The number of aromatic nitrogens is 3. The zero-order valence-electron chi connectivity index (χ0n) is 21.4. The number of aryl methyl sites for hydroxylation is 2. The number of benzene rings is 3. The van der Waals surface area contributed by atoms with Crippen LogP contribution in [0.3, 0.4) is 0 Å². The van der Waals surface area contributed by atoms with Crippen LogP contribution in [0.1, 0.15) is 21.6 Å². The first kappa shape index (κ1) is 24.5. The third-order valence-electron chi connectivity index (χ3n) is 6.80. The quantitative estimate of drug-likeness (QED) is 0.258. The fourth-order valence-corrected chi connectivity index (χ4v) is 4.74. The fraction of sp³-hybridized carbons (Fsp3) is 0.226. The first-order chi connectivity index (χ1) is 18.1. The maximum Gasteiger partial charge on any atom is 0.255 e. The zero-order valence-corrected chi connectivity index (χ0v) is 21.4. The standard InChI is InChI=1S/C31H32N4O2/c1-33(17-18-37-2)31(36)30-22-34(21-29(30)28-14-8-12-25-11-6-7-13-27(25)28)20-26-19-32-23-35(26)16-15-24-9-4-3-5-10-24/h3-14,19,21-23H,15-18,20H2,1-2H3. The average molecular weight is 493 g/mol. The molecule has 0 N–H and O–H groups in total. The van der Waals surface area contributed by atoms with E-state index < -0.39 is 0 Å². The summed E-state index contributed by atoms with van der Waals surface area (Å²) < 4.78 is 9.50. The van der Waals surface area contributed by atoms with Gasteiger partial charge in [0.2, 0.25) is 0 Å². The Labute approximate surface area is 217 Å². The third-order valence-corrected chi connectivity index (χ3v) is 6.80. The number of carbonyl (C=O) groups excluding carboxylic acids is 1. The topological polar surface area (TPSA) is 52.3 Å². The molecule has 0 saturated heterocycles. The summed E-state index contributed by atoms with van der Waals surface area (Å²) in [4.78, 5) is 19.7. The van der Waals surface area contributed by atoms with Gasteiger partial charge in [0, 0.05) is 51.4 Å². The molecule has 0 radical (unpaired) electrons. The smallest absolute Gasteiger partial charge is 0.255 e. The van der Waals surface area contributed by atoms with Gasteiger partial charge in [-0.15, -0.1) is 0 Å². The highest BCUT2D eigenvalue weighted by atomic mass is 16.5. The molecule has 1 amide bonds. The van der Waals surface area contributed by atoms with Crippen molar-refractivity contribution in [1.29, 1.82) is 0 Å². The minimum atomic E-state index is -0.0173. The molecule has 188 valence electrons. The van der Waals surface area contributed by atoms with Crippen molar-refractivity contribution in [1.82, 2.24) is 19.0 Å². The van der Waals surface area contributed by atoms with E-state index in [1.165, 1.54) is 5.56 Å². The molecule has 6 heteroatoms. The van der Waals surface area contributed by atoms with Crippen LogP contribution in [0, 0.1) is 0 Å². The molecule has 2 heterocycles. The third kappa shape index (κ3) is 5.49. The molecule has 0 spiro atoms. The molecule has 0 aliphatic carbocycles. The van der Waals surface area contributed by atoms with Gasteiger partial charge in [-0.1, -0.05) is 72.8 Å². The van der Waals surface area contributed by atoms with E-state index in [1.54, 1.807) is 12.0 Å². The molecule has 0 bridgehead atoms. The van der Waals surface area contributed by atoms with Crippen molar-refractivity contribution >= 4 is 16.7 Å². The van der Waals surface area contributed by atoms with Crippen molar-refractivity contribution in [2.45, 2.75) is 19.5 Å². The monoisotopic (exact) mass is 492 g/mol. The van der Waals surface area contributed by atoms with Crippen LogP contribution in [0.25, 0.3) is 21.9 Å². The van der Waals surface area contributed by atoms with E-state index in [-0.39, 0.29) is 5.91 Å². The summed E-state index contributed by atoms with van der Waals surface area (Å²) in [5, 5.41) is 2.28. The summed E-state index contributed by atoms with van der Waals surface area (Å²) in [6.45, 7) is 2.50. The summed E-state index contributed by atoms with van der Waals surface area (Å²) in [5.41, 5.74) is 5.07. The van der Waals surface area contributed by atoms with E-state index in [4.69, 9.17) is 4.74 Å². The highest BCUT2D eigenvalue weighted by molar-refractivity contribution is 6.05. The normalized spacial score (nSPS) is 11.2. The minimum Gasteiger partial charge on any atom is -0.383 e. The Morgan fingerprint density at radius 3 is 2.57 bits per heavy atom. The molecule has 0 aliphatic heterocycles. The molecule has 0 unspecified atom stereocenters. The first-order valence-corrected chi connectivity index (χ1v) is 12.6. The number of hydrogen-bond acceptors (Lipinski definition) is 3. The molecule has 6 nitrogen and oxygen atoms in total. The summed E-state index contributed by atoms with van der Waals surface area (Å²) in [7, 11) is 3.47. The lowest BCUT2D eigenvalue weighted by atomic mass is 9.97. The van der Waals surface area contributed by atoms with Gasteiger partial charge in [0.1, 0.15) is 0 Å². The van der Waals surface area contributed by atoms with Crippen LogP contribution < -0.4 is 0 Å². The fourth-order valence-electron chi connectivity index (χ4n) is 4.74. The van der Waals surface area contributed by atoms with Gasteiger partial charge in [-0.25, -0.2) is 4.98 Å².